The smallest absolute Gasteiger partial charge is 0.181 e. The van der Waals surface area contributed by atoms with Crippen LogP contribution in [0.5, 0.6) is 0 Å². The van der Waals surface area contributed by atoms with Gasteiger partial charge in [-0.3, -0.25) is 4.79 Å². The van der Waals surface area contributed by atoms with Gasteiger partial charge in [0.25, 0.3) is 0 Å². The molecule has 0 aliphatic heterocycles. The van der Waals surface area contributed by atoms with Crippen molar-refractivity contribution in [2.75, 3.05) is 0 Å². The fraction of sp³-hybridized carbons (Fsp3) is 0.0833. The van der Waals surface area contributed by atoms with Gasteiger partial charge >= 0.3 is 0 Å². The van der Waals surface area contributed by atoms with Crippen molar-refractivity contribution < 1.29 is 4.79 Å². The van der Waals surface area contributed by atoms with E-state index in [1.165, 1.54) is 24.0 Å². The van der Waals surface area contributed by atoms with E-state index in [4.69, 9.17) is 11.6 Å². The zero-order chi connectivity index (χ0) is 12.3. The lowest BCUT2D eigenvalue weighted by atomic mass is 10.2. The van der Waals surface area contributed by atoms with Crippen molar-refractivity contribution in [3.05, 3.63) is 41.7 Å². The molecule has 0 atom stereocenters. The van der Waals surface area contributed by atoms with E-state index in [1.807, 2.05) is 12.1 Å². The monoisotopic (exact) mass is 247 g/mol. The van der Waals surface area contributed by atoms with Gasteiger partial charge in [-0.1, -0.05) is 23.7 Å². The second-order valence-electron chi connectivity index (χ2n) is 3.48. The minimum Gasteiger partial charge on any atom is -0.295 e. The predicted octanol–water partition coefficient (Wildman–Crippen LogP) is 2.66. The molecule has 0 amide bonds. The predicted molar refractivity (Wildman–Crippen MR) is 66.5 cm³/mol. The lowest BCUT2D eigenvalue weighted by Crippen LogP contribution is -1.89. The summed E-state index contributed by atoms with van der Waals surface area (Å²) in [6.07, 6.45) is 4.52. The highest BCUT2D eigenvalue weighted by molar-refractivity contribution is 6.30. The molecule has 1 heterocycles. The zero-order valence-electron chi connectivity index (χ0n) is 9.17. The Morgan fingerprint density at radius 2 is 2.29 bits per heavy atom. The first-order chi connectivity index (χ1) is 8.15. The summed E-state index contributed by atoms with van der Waals surface area (Å²) in [6, 6.07) is 7.29. The Morgan fingerprint density at radius 1 is 1.47 bits per heavy atom. The maximum absolute atomic E-state index is 10.8. The van der Waals surface area contributed by atoms with Gasteiger partial charge in [0.1, 0.15) is 6.33 Å². The van der Waals surface area contributed by atoms with Crippen LogP contribution in [-0.2, 0) is 4.79 Å². The van der Waals surface area contributed by atoms with Gasteiger partial charge < -0.3 is 0 Å². The summed E-state index contributed by atoms with van der Waals surface area (Å²) in [6.45, 7) is 1.48. The van der Waals surface area contributed by atoms with E-state index in [0.717, 1.165) is 5.56 Å². The number of hydrogen-bond donors (Lipinski definition) is 0. The molecule has 86 valence electrons. The Morgan fingerprint density at radius 3 is 3.00 bits per heavy atom. The zero-order valence-corrected chi connectivity index (χ0v) is 9.93. The third kappa shape index (κ3) is 3.01. The van der Waals surface area contributed by atoms with Crippen LogP contribution in [0.15, 0.2) is 36.7 Å². The Labute approximate surface area is 104 Å². The van der Waals surface area contributed by atoms with Crippen molar-refractivity contribution in [2.24, 2.45) is 0 Å². The van der Waals surface area contributed by atoms with Gasteiger partial charge in [0, 0.05) is 16.8 Å². The summed E-state index contributed by atoms with van der Waals surface area (Å²) in [4.78, 5) is 14.9. The van der Waals surface area contributed by atoms with Crippen LogP contribution in [-0.4, -0.2) is 20.5 Å². The third-order valence-electron chi connectivity index (χ3n) is 2.05. The number of rotatable bonds is 3. The fourth-order valence-corrected chi connectivity index (χ4v) is 1.48. The van der Waals surface area contributed by atoms with Gasteiger partial charge in [0.2, 0.25) is 0 Å². The highest BCUT2D eigenvalue weighted by Crippen LogP contribution is 2.18. The van der Waals surface area contributed by atoms with Crippen molar-refractivity contribution in [1.82, 2.24) is 14.8 Å². The maximum atomic E-state index is 10.8. The minimum absolute atomic E-state index is 0.0372. The molecule has 2 aromatic rings. The van der Waals surface area contributed by atoms with Crippen molar-refractivity contribution in [2.45, 2.75) is 6.92 Å². The molecule has 0 aliphatic rings. The maximum Gasteiger partial charge on any atom is 0.181 e. The van der Waals surface area contributed by atoms with Crippen LogP contribution >= 0.6 is 11.6 Å². The summed E-state index contributed by atoms with van der Waals surface area (Å²) >= 11 is 5.88. The molecular weight excluding hydrogens is 238 g/mol. The lowest BCUT2D eigenvalue weighted by molar-refractivity contribution is -0.112. The number of allylic oxidation sites excluding steroid dienone is 1. The first-order valence-corrected chi connectivity index (χ1v) is 5.39. The number of ketones is 1. The van der Waals surface area contributed by atoms with Crippen molar-refractivity contribution in [1.29, 1.82) is 0 Å². The van der Waals surface area contributed by atoms with E-state index in [-0.39, 0.29) is 5.78 Å². The number of carbonyl (C=O) groups excluding carboxylic acids is 1. The Hall–Kier alpha value is -1.94. The van der Waals surface area contributed by atoms with Crippen LogP contribution in [0.25, 0.3) is 17.6 Å². The van der Waals surface area contributed by atoms with Crippen LogP contribution in [0.2, 0.25) is 5.02 Å². The number of aromatic nitrogens is 3. The molecule has 1 aromatic carbocycles. The molecule has 0 saturated carbocycles. The lowest BCUT2D eigenvalue weighted by Gasteiger charge is -1.95. The molecular formula is C12H10ClN3O. The van der Waals surface area contributed by atoms with E-state index in [2.05, 4.69) is 10.1 Å². The summed E-state index contributed by atoms with van der Waals surface area (Å²) < 4.78 is 1.48. The number of nitrogens with zero attached hydrogens (tertiary/aromatic N) is 3. The molecule has 2 rings (SSSR count). The summed E-state index contributed by atoms with van der Waals surface area (Å²) in [5.41, 5.74) is 0.840. The molecule has 0 radical (unpaired) electrons. The second-order valence-corrected chi connectivity index (χ2v) is 3.92. The van der Waals surface area contributed by atoms with E-state index >= 15 is 0 Å². The van der Waals surface area contributed by atoms with Gasteiger partial charge in [-0.25, -0.2) is 9.67 Å². The molecule has 5 heteroatoms. The van der Waals surface area contributed by atoms with E-state index < -0.39 is 0 Å². The van der Waals surface area contributed by atoms with Gasteiger partial charge in [-0.15, -0.1) is 5.10 Å². The topological polar surface area (TPSA) is 47.8 Å². The minimum atomic E-state index is -0.0372. The molecule has 0 N–H and O–H groups in total. The van der Waals surface area contributed by atoms with Crippen LogP contribution in [0, 0.1) is 0 Å². The largest absolute Gasteiger partial charge is 0.295 e. The first-order valence-electron chi connectivity index (χ1n) is 5.01. The Balaban J connectivity index is 2.27. The third-order valence-corrected chi connectivity index (χ3v) is 2.29. The molecule has 0 unspecified atom stereocenters. The molecule has 0 aliphatic carbocycles. The molecule has 0 spiro atoms. The number of carbonyl (C=O) groups is 1. The summed E-state index contributed by atoms with van der Waals surface area (Å²) in [5, 5.41) is 4.84. The first kappa shape index (κ1) is 11.5. The quantitative estimate of drug-likeness (QED) is 0.784. The SMILES string of the molecule is CC(=O)/C=C/n1cnc(-c2cccc(Cl)c2)n1. The van der Waals surface area contributed by atoms with Crippen molar-refractivity contribution in [3.8, 4) is 11.4 Å². The van der Waals surface area contributed by atoms with Crippen molar-refractivity contribution >= 4 is 23.6 Å². The number of benzene rings is 1. The van der Waals surface area contributed by atoms with Crippen LogP contribution in [0.4, 0.5) is 0 Å². The van der Waals surface area contributed by atoms with E-state index in [0.29, 0.717) is 10.8 Å². The van der Waals surface area contributed by atoms with Crippen LogP contribution in [0.1, 0.15) is 6.92 Å². The molecule has 1 aromatic heterocycles. The summed E-state index contributed by atoms with van der Waals surface area (Å²) in [7, 11) is 0. The Kier molecular flexibility index (Phi) is 3.35. The second kappa shape index (κ2) is 4.93. The normalized spacial score (nSPS) is 10.9. The van der Waals surface area contributed by atoms with Crippen LogP contribution in [0.3, 0.4) is 0 Å². The van der Waals surface area contributed by atoms with Gasteiger partial charge in [0.05, 0.1) is 0 Å². The standard InChI is InChI=1S/C12H10ClN3O/c1-9(17)5-6-16-8-14-12(15-16)10-3-2-4-11(13)7-10/h2-8H,1H3/b6-5+. The highest BCUT2D eigenvalue weighted by Gasteiger charge is 2.03. The molecule has 4 nitrogen and oxygen atoms in total. The van der Waals surface area contributed by atoms with Gasteiger partial charge in [-0.2, -0.15) is 0 Å². The van der Waals surface area contributed by atoms with E-state index in [9.17, 15) is 4.79 Å². The van der Waals surface area contributed by atoms with Crippen LogP contribution < -0.4 is 0 Å². The van der Waals surface area contributed by atoms with Gasteiger partial charge in [-0.05, 0) is 25.1 Å². The van der Waals surface area contributed by atoms with E-state index in [1.54, 1.807) is 18.3 Å². The molecule has 17 heavy (non-hydrogen) atoms. The van der Waals surface area contributed by atoms with Crippen molar-refractivity contribution in [3.63, 3.8) is 0 Å². The fourth-order valence-electron chi connectivity index (χ4n) is 1.29. The molecule has 0 fully saturated rings. The van der Waals surface area contributed by atoms with Gasteiger partial charge in [0.15, 0.2) is 11.6 Å². The molecule has 0 saturated heterocycles. The summed E-state index contributed by atoms with van der Waals surface area (Å²) in [5.74, 6) is 0.533. The number of halogens is 1. The number of hydrogen-bond acceptors (Lipinski definition) is 3. The Bertz CT molecular complexity index is 575. The highest BCUT2D eigenvalue weighted by atomic mass is 35.5. The average Bonchev–Trinajstić information content (AvgIpc) is 2.75. The molecule has 0 bridgehead atoms. The average molecular weight is 248 g/mol.